The van der Waals surface area contributed by atoms with Crippen molar-refractivity contribution in [3.8, 4) is 0 Å². The van der Waals surface area contributed by atoms with Crippen molar-refractivity contribution >= 4 is 5.91 Å². The maximum atomic E-state index is 11.5. The van der Waals surface area contributed by atoms with Crippen LogP contribution in [0.5, 0.6) is 0 Å². The fourth-order valence-electron chi connectivity index (χ4n) is 1.54. The molecule has 1 amide bonds. The third-order valence-corrected chi connectivity index (χ3v) is 2.69. The Morgan fingerprint density at radius 2 is 2.50 bits per heavy atom. The third kappa shape index (κ3) is 1.77. The summed E-state index contributed by atoms with van der Waals surface area (Å²) < 4.78 is 0. The van der Waals surface area contributed by atoms with E-state index in [2.05, 4.69) is 15.3 Å². The molecule has 1 heterocycles. The molecule has 0 atom stereocenters. The van der Waals surface area contributed by atoms with Crippen LogP contribution < -0.4 is 11.1 Å². The predicted molar refractivity (Wildman–Crippen MR) is 51.7 cm³/mol. The number of nitrogens with zero attached hydrogens (tertiary/aromatic N) is 1. The van der Waals surface area contributed by atoms with Crippen LogP contribution in [0.15, 0.2) is 12.5 Å². The normalized spacial score (nSPS) is 18.6. The highest BCUT2D eigenvalue weighted by Crippen LogP contribution is 2.27. The minimum atomic E-state index is -0.171. The van der Waals surface area contributed by atoms with Crippen molar-refractivity contribution in [1.29, 1.82) is 0 Å². The van der Waals surface area contributed by atoms with Gasteiger partial charge in [-0.05, 0) is 19.3 Å². The second kappa shape index (κ2) is 3.42. The average molecular weight is 194 g/mol. The van der Waals surface area contributed by atoms with E-state index in [0.29, 0.717) is 12.2 Å². The minimum Gasteiger partial charge on any atom is -0.349 e. The standard InChI is InChI=1S/C9H14N4O/c10-9(2-1-3-9)5-12-8(14)7-4-11-6-13-7/h4,6H,1-3,5,10H2,(H,11,13)(H,12,14). The zero-order valence-corrected chi connectivity index (χ0v) is 7.92. The van der Waals surface area contributed by atoms with Gasteiger partial charge in [-0.3, -0.25) is 4.79 Å². The number of carbonyl (C=O) groups is 1. The number of hydrogen-bond donors (Lipinski definition) is 3. The van der Waals surface area contributed by atoms with E-state index in [1.807, 2.05) is 0 Å². The largest absolute Gasteiger partial charge is 0.349 e. The Labute approximate surface area is 82.1 Å². The van der Waals surface area contributed by atoms with Gasteiger partial charge in [-0.1, -0.05) is 0 Å². The molecule has 0 aromatic carbocycles. The first-order valence-electron chi connectivity index (χ1n) is 4.75. The summed E-state index contributed by atoms with van der Waals surface area (Å²) in [5, 5.41) is 2.79. The van der Waals surface area contributed by atoms with E-state index in [4.69, 9.17) is 5.73 Å². The summed E-state index contributed by atoms with van der Waals surface area (Å²) >= 11 is 0. The summed E-state index contributed by atoms with van der Waals surface area (Å²) in [5.41, 5.74) is 6.27. The van der Waals surface area contributed by atoms with Crippen LogP contribution in [0, 0.1) is 0 Å². The second-order valence-corrected chi connectivity index (χ2v) is 3.86. The number of carbonyl (C=O) groups excluding carboxylic acids is 1. The molecule has 5 nitrogen and oxygen atoms in total. The Balaban J connectivity index is 1.84. The minimum absolute atomic E-state index is 0.140. The summed E-state index contributed by atoms with van der Waals surface area (Å²) in [6, 6.07) is 0. The Kier molecular flexibility index (Phi) is 2.25. The molecule has 1 saturated carbocycles. The van der Waals surface area contributed by atoms with E-state index >= 15 is 0 Å². The SMILES string of the molecule is NC1(CNC(=O)c2cnc[nH]2)CCC1. The average Bonchev–Trinajstić information content (AvgIpc) is 2.63. The van der Waals surface area contributed by atoms with Gasteiger partial charge >= 0.3 is 0 Å². The molecule has 2 rings (SSSR count). The molecule has 0 radical (unpaired) electrons. The monoisotopic (exact) mass is 194 g/mol. The molecule has 1 aromatic heterocycles. The molecule has 5 heteroatoms. The summed E-state index contributed by atoms with van der Waals surface area (Å²) in [4.78, 5) is 18.0. The van der Waals surface area contributed by atoms with Gasteiger partial charge in [0.25, 0.3) is 5.91 Å². The molecule has 14 heavy (non-hydrogen) atoms. The smallest absolute Gasteiger partial charge is 0.269 e. The van der Waals surface area contributed by atoms with Gasteiger partial charge in [0.2, 0.25) is 0 Å². The lowest BCUT2D eigenvalue weighted by molar-refractivity contribution is 0.0925. The van der Waals surface area contributed by atoms with Gasteiger partial charge in [0.1, 0.15) is 5.69 Å². The van der Waals surface area contributed by atoms with Crippen molar-refractivity contribution in [2.75, 3.05) is 6.54 Å². The number of nitrogens with one attached hydrogen (secondary N) is 2. The predicted octanol–water partition coefficient (Wildman–Crippen LogP) is 0.0209. The van der Waals surface area contributed by atoms with Crippen molar-refractivity contribution in [3.63, 3.8) is 0 Å². The Morgan fingerprint density at radius 3 is 3.00 bits per heavy atom. The fourth-order valence-corrected chi connectivity index (χ4v) is 1.54. The molecular weight excluding hydrogens is 180 g/mol. The van der Waals surface area contributed by atoms with Gasteiger partial charge in [0.05, 0.1) is 12.5 Å². The first-order chi connectivity index (χ1) is 6.70. The zero-order valence-electron chi connectivity index (χ0n) is 7.92. The van der Waals surface area contributed by atoms with Crippen molar-refractivity contribution < 1.29 is 4.79 Å². The number of nitrogens with two attached hydrogens (primary N) is 1. The summed E-state index contributed by atoms with van der Waals surface area (Å²) in [6.45, 7) is 0.546. The third-order valence-electron chi connectivity index (χ3n) is 2.69. The number of amides is 1. The molecular formula is C9H14N4O. The van der Waals surface area contributed by atoms with Crippen molar-refractivity contribution in [3.05, 3.63) is 18.2 Å². The molecule has 1 aliphatic rings. The van der Waals surface area contributed by atoms with Crippen LogP contribution in [0.2, 0.25) is 0 Å². The van der Waals surface area contributed by atoms with E-state index < -0.39 is 0 Å². The maximum absolute atomic E-state index is 11.5. The molecule has 0 spiro atoms. The maximum Gasteiger partial charge on any atom is 0.269 e. The molecule has 4 N–H and O–H groups in total. The van der Waals surface area contributed by atoms with Gasteiger partial charge in [0, 0.05) is 12.1 Å². The Bertz CT molecular complexity index is 316. The summed E-state index contributed by atoms with van der Waals surface area (Å²) in [5.74, 6) is -0.140. The Morgan fingerprint density at radius 1 is 1.71 bits per heavy atom. The lowest BCUT2D eigenvalue weighted by Crippen LogP contribution is -2.54. The molecule has 0 bridgehead atoms. The summed E-state index contributed by atoms with van der Waals surface area (Å²) in [7, 11) is 0. The molecule has 1 aliphatic carbocycles. The molecule has 0 aliphatic heterocycles. The second-order valence-electron chi connectivity index (χ2n) is 3.86. The molecule has 0 unspecified atom stereocenters. The zero-order chi connectivity index (χ0) is 10.0. The molecule has 76 valence electrons. The van der Waals surface area contributed by atoms with Crippen LogP contribution in [0.25, 0.3) is 0 Å². The van der Waals surface area contributed by atoms with Gasteiger partial charge in [-0.25, -0.2) is 4.98 Å². The van der Waals surface area contributed by atoms with Crippen LogP contribution in [-0.2, 0) is 0 Å². The molecule has 1 aromatic rings. The highest BCUT2D eigenvalue weighted by molar-refractivity contribution is 5.91. The van der Waals surface area contributed by atoms with Gasteiger partial charge in [-0.15, -0.1) is 0 Å². The van der Waals surface area contributed by atoms with Crippen molar-refractivity contribution in [1.82, 2.24) is 15.3 Å². The molecule has 0 saturated heterocycles. The van der Waals surface area contributed by atoms with E-state index in [0.717, 1.165) is 19.3 Å². The number of imidazole rings is 1. The van der Waals surface area contributed by atoms with Crippen LogP contribution in [0.4, 0.5) is 0 Å². The number of aromatic nitrogens is 2. The van der Waals surface area contributed by atoms with E-state index in [1.165, 1.54) is 12.5 Å². The van der Waals surface area contributed by atoms with Crippen LogP contribution in [-0.4, -0.2) is 28.0 Å². The van der Waals surface area contributed by atoms with Gasteiger partial charge < -0.3 is 16.0 Å². The number of rotatable bonds is 3. The van der Waals surface area contributed by atoms with Crippen molar-refractivity contribution in [2.45, 2.75) is 24.8 Å². The number of aromatic amines is 1. The number of H-pyrrole nitrogens is 1. The van der Waals surface area contributed by atoms with Gasteiger partial charge in [0.15, 0.2) is 0 Å². The van der Waals surface area contributed by atoms with E-state index in [1.54, 1.807) is 0 Å². The quantitative estimate of drug-likeness (QED) is 0.634. The highest BCUT2D eigenvalue weighted by Gasteiger charge is 2.32. The number of hydrogen-bond acceptors (Lipinski definition) is 3. The first kappa shape index (κ1) is 9.21. The highest BCUT2D eigenvalue weighted by atomic mass is 16.1. The lowest BCUT2D eigenvalue weighted by Gasteiger charge is -2.37. The van der Waals surface area contributed by atoms with E-state index in [9.17, 15) is 4.79 Å². The lowest BCUT2D eigenvalue weighted by atomic mass is 9.78. The fraction of sp³-hybridized carbons (Fsp3) is 0.556. The van der Waals surface area contributed by atoms with Crippen molar-refractivity contribution in [2.24, 2.45) is 5.73 Å². The molecule has 1 fully saturated rings. The van der Waals surface area contributed by atoms with Crippen LogP contribution in [0.1, 0.15) is 29.8 Å². The van der Waals surface area contributed by atoms with Crippen LogP contribution in [0.3, 0.4) is 0 Å². The van der Waals surface area contributed by atoms with E-state index in [-0.39, 0.29) is 11.4 Å². The Hall–Kier alpha value is -1.36. The van der Waals surface area contributed by atoms with Gasteiger partial charge in [-0.2, -0.15) is 0 Å². The topological polar surface area (TPSA) is 83.8 Å². The first-order valence-corrected chi connectivity index (χ1v) is 4.75. The van der Waals surface area contributed by atoms with Crippen LogP contribution >= 0.6 is 0 Å². The summed E-state index contributed by atoms with van der Waals surface area (Å²) in [6.07, 6.45) is 6.14.